The van der Waals surface area contributed by atoms with E-state index >= 15 is 0 Å². The number of carbonyl (C=O) groups excluding carboxylic acids is 1. The summed E-state index contributed by atoms with van der Waals surface area (Å²) in [6, 6.07) is 7.15. The Labute approximate surface area is 82.1 Å². The molecule has 3 N–H and O–H groups in total. The maximum atomic E-state index is 10.7. The van der Waals surface area contributed by atoms with Gasteiger partial charge in [-0.3, -0.25) is 0 Å². The van der Waals surface area contributed by atoms with Gasteiger partial charge in [0.05, 0.1) is 12.6 Å². The Morgan fingerprint density at radius 3 is 3.07 bits per heavy atom. The Morgan fingerprint density at radius 1 is 1.50 bits per heavy atom. The fraction of sp³-hybridized carbons (Fsp3) is 0.300. The van der Waals surface area contributed by atoms with E-state index in [0.29, 0.717) is 6.61 Å². The number of benzene rings is 1. The molecule has 1 aliphatic rings. The maximum absolute atomic E-state index is 10.7. The van der Waals surface area contributed by atoms with Gasteiger partial charge < -0.3 is 15.8 Å². The predicted octanol–water partition coefficient (Wildman–Crippen LogP) is 1.18. The summed E-state index contributed by atoms with van der Waals surface area (Å²) in [6.45, 7) is 0.613. The third-order valence-corrected chi connectivity index (χ3v) is 2.28. The molecule has 14 heavy (non-hydrogen) atoms. The van der Waals surface area contributed by atoms with Crippen LogP contribution in [0.4, 0.5) is 4.79 Å². The minimum absolute atomic E-state index is 0.0163. The lowest BCUT2D eigenvalue weighted by Gasteiger charge is -2.25. The zero-order chi connectivity index (χ0) is 9.97. The number of hydrogen-bond acceptors (Lipinski definition) is 2. The van der Waals surface area contributed by atoms with Gasteiger partial charge >= 0.3 is 6.03 Å². The summed E-state index contributed by atoms with van der Waals surface area (Å²) in [7, 11) is 0. The molecular formula is C10H12N2O2. The van der Waals surface area contributed by atoms with E-state index in [1.165, 1.54) is 0 Å². The largest absolute Gasteiger partial charge is 0.493 e. The van der Waals surface area contributed by atoms with Crippen LogP contribution in [0.25, 0.3) is 0 Å². The molecule has 74 valence electrons. The molecule has 4 heteroatoms. The van der Waals surface area contributed by atoms with Gasteiger partial charge in [0.1, 0.15) is 5.75 Å². The fourth-order valence-corrected chi connectivity index (χ4v) is 1.66. The van der Waals surface area contributed by atoms with Gasteiger partial charge in [-0.1, -0.05) is 18.2 Å². The van der Waals surface area contributed by atoms with E-state index in [9.17, 15) is 4.79 Å². The molecule has 1 aromatic rings. The highest BCUT2D eigenvalue weighted by molar-refractivity contribution is 5.72. The van der Waals surface area contributed by atoms with E-state index in [2.05, 4.69) is 5.32 Å². The second-order valence-corrected chi connectivity index (χ2v) is 3.24. The SMILES string of the molecule is NC(=O)NC1CCOc2ccccc21. The van der Waals surface area contributed by atoms with Crippen LogP contribution >= 0.6 is 0 Å². The van der Waals surface area contributed by atoms with Crippen molar-refractivity contribution in [1.82, 2.24) is 5.32 Å². The summed E-state index contributed by atoms with van der Waals surface area (Å²) in [5.41, 5.74) is 6.09. The maximum Gasteiger partial charge on any atom is 0.312 e. The summed E-state index contributed by atoms with van der Waals surface area (Å²) in [5, 5.41) is 2.70. The summed E-state index contributed by atoms with van der Waals surface area (Å²) >= 11 is 0. The van der Waals surface area contributed by atoms with Gasteiger partial charge in [-0.25, -0.2) is 4.79 Å². The quantitative estimate of drug-likeness (QED) is 0.701. The van der Waals surface area contributed by atoms with Crippen LogP contribution in [0.5, 0.6) is 5.75 Å². The Bertz CT molecular complexity index is 352. The Balaban J connectivity index is 2.26. The first-order valence-corrected chi connectivity index (χ1v) is 4.55. The van der Waals surface area contributed by atoms with E-state index in [0.717, 1.165) is 17.7 Å². The minimum atomic E-state index is -0.494. The minimum Gasteiger partial charge on any atom is -0.493 e. The first-order chi connectivity index (χ1) is 6.77. The van der Waals surface area contributed by atoms with E-state index < -0.39 is 6.03 Å². The molecule has 0 spiro atoms. The lowest BCUT2D eigenvalue weighted by atomic mass is 10.0. The van der Waals surface area contributed by atoms with Crippen LogP contribution < -0.4 is 15.8 Å². The van der Waals surface area contributed by atoms with Crippen molar-refractivity contribution >= 4 is 6.03 Å². The summed E-state index contributed by atoms with van der Waals surface area (Å²) in [5.74, 6) is 0.831. The molecule has 1 unspecified atom stereocenters. The number of nitrogens with one attached hydrogen (secondary N) is 1. The van der Waals surface area contributed by atoms with Crippen molar-refractivity contribution in [3.63, 3.8) is 0 Å². The Hall–Kier alpha value is -1.71. The summed E-state index contributed by atoms with van der Waals surface area (Å²) in [4.78, 5) is 10.7. The molecule has 1 aromatic carbocycles. The molecule has 1 atom stereocenters. The van der Waals surface area contributed by atoms with E-state index in [1.54, 1.807) is 0 Å². The Morgan fingerprint density at radius 2 is 2.29 bits per heavy atom. The highest BCUT2D eigenvalue weighted by atomic mass is 16.5. The molecule has 0 saturated carbocycles. The van der Waals surface area contributed by atoms with Gasteiger partial charge in [0.25, 0.3) is 0 Å². The highest BCUT2D eigenvalue weighted by Crippen LogP contribution is 2.31. The highest BCUT2D eigenvalue weighted by Gasteiger charge is 2.21. The normalized spacial score (nSPS) is 19.3. The summed E-state index contributed by atoms with van der Waals surface area (Å²) < 4.78 is 5.44. The van der Waals surface area contributed by atoms with Crippen LogP contribution in [-0.4, -0.2) is 12.6 Å². The van der Waals surface area contributed by atoms with Crippen molar-refractivity contribution in [2.75, 3.05) is 6.61 Å². The van der Waals surface area contributed by atoms with Crippen LogP contribution in [0.2, 0.25) is 0 Å². The van der Waals surface area contributed by atoms with E-state index in [4.69, 9.17) is 10.5 Å². The lowest BCUT2D eigenvalue weighted by molar-refractivity contribution is 0.230. The third-order valence-electron chi connectivity index (χ3n) is 2.28. The average Bonchev–Trinajstić information content (AvgIpc) is 2.18. The second kappa shape index (κ2) is 3.57. The number of fused-ring (bicyclic) bond motifs is 1. The molecule has 4 nitrogen and oxygen atoms in total. The van der Waals surface area contributed by atoms with Crippen molar-refractivity contribution in [1.29, 1.82) is 0 Å². The monoisotopic (exact) mass is 192 g/mol. The predicted molar refractivity (Wildman–Crippen MR) is 52.0 cm³/mol. The van der Waals surface area contributed by atoms with Crippen LogP contribution in [-0.2, 0) is 0 Å². The number of rotatable bonds is 1. The van der Waals surface area contributed by atoms with Gasteiger partial charge in [-0.05, 0) is 6.07 Å². The molecule has 1 heterocycles. The van der Waals surface area contributed by atoms with Gasteiger partial charge in [-0.15, -0.1) is 0 Å². The first kappa shape index (κ1) is 8.87. The molecule has 0 radical (unpaired) electrons. The van der Waals surface area contributed by atoms with E-state index in [1.807, 2.05) is 24.3 Å². The number of urea groups is 1. The molecule has 0 aromatic heterocycles. The van der Waals surface area contributed by atoms with Crippen LogP contribution in [0.3, 0.4) is 0 Å². The standard InChI is InChI=1S/C10H12N2O2/c11-10(13)12-8-5-6-14-9-4-2-1-3-7(8)9/h1-4,8H,5-6H2,(H3,11,12,13). The van der Waals surface area contributed by atoms with Crippen molar-refractivity contribution < 1.29 is 9.53 Å². The molecule has 0 aliphatic carbocycles. The van der Waals surface area contributed by atoms with Crippen molar-refractivity contribution in [2.45, 2.75) is 12.5 Å². The molecular weight excluding hydrogens is 180 g/mol. The number of primary amides is 1. The van der Waals surface area contributed by atoms with Crippen LogP contribution in [0, 0.1) is 0 Å². The average molecular weight is 192 g/mol. The number of nitrogens with two attached hydrogens (primary N) is 1. The molecule has 0 saturated heterocycles. The van der Waals surface area contributed by atoms with Gasteiger partial charge in [0, 0.05) is 12.0 Å². The number of carbonyl (C=O) groups is 1. The Kier molecular flexibility index (Phi) is 2.26. The van der Waals surface area contributed by atoms with Crippen molar-refractivity contribution in [3.8, 4) is 5.75 Å². The molecule has 1 aliphatic heterocycles. The number of hydrogen-bond donors (Lipinski definition) is 2. The smallest absolute Gasteiger partial charge is 0.312 e. The molecule has 2 rings (SSSR count). The second-order valence-electron chi connectivity index (χ2n) is 3.24. The number of amides is 2. The van der Waals surface area contributed by atoms with Gasteiger partial charge in [-0.2, -0.15) is 0 Å². The first-order valence-electron chi connectivity index (χ1n) is 4.55. The zero-order valence-electron chi connectivity index (χ0n) is 7.69. The zero-order valence-corrected chi connectivity index (χ0v) is 7.69. The van der Waals surface area contributed by atoms with Crippen molar-refractivity contribution in [3.05, 3.63) is 29.8 Å². The van der Waals surface area contributed by atoms with E-state index in [-0.39, 0.29) is 6.04 Å². The number of ether oxygens (including phenoxy) is 1. The van der Waals surface area contributed by atoms with Crippen molar-refractivity contribution in [2.24, 2.45) is 5.73 Å². The number of para-hydroxylation sites is 1. The summed E-state index contributed by atoms with van der Waals surface area (Å²) in [6.07, 6.45) is 0.764. The van der Waals surface area contributed by atoms with Gasteiger partial charge in [0.2, 0.25) is 0 Å². The molecule has 0 bridgehead atoms. The molecule has 0 fully saturated rings. The van der Waals surface area contributed by atoms with Crippen LogP contribution in [0.1, 0.15) is 18.0 Å². The third kappa shape index (κ3) is 1.64. The van der Waals surface area contributed by atoms with Gasteiger partial charge in [0.15, 0.2) is 0 Å². The van der Waals surface area contributed by atoms with Crippen LogP contribution in [0.15, 0.2) is 24.3 Å². The molecule has 2 amide bonds. The topological polar surface area (TPSA) is 64.4 Å². The lowest BCUT2D eigenvalue weighted by Crippen LogP contribution is -2.35. The fourth-order valence-electron chi connectivity index (χ4n) is 1.66.